The van der Waals surface area contributed by atoms with E-state index in [1.54, 1.807) is 6.92 Å². The van der Waals surface area contributed by atoms with E-state index in [-0.39, 0.29) is 99.8 Å². The third-order valence-corrected chi connectivity index (χ3v) is 24.6. The predicted octanol–water partition coefficient (Wildman–Crippen LogP) is 2.17. The molecule has 594 valence electrons. The first-order valence-corrected chi connectivity index (χ1v) is 37.3. The topological polar surface area (TPSA) is 584 Å². The molecule has 0 spiro atoms. The van der Waals surface area contributed by atoms with Gasteiger partial charge in [-0.05, 0) is 125 Å². The van der Waals surface area contributed by atoms with Crippen molar-refractivity contribution in [2.45, 2.75) is 214 Å². The number of hydrogen-bond acceptors (Lipinski definition) is 25. The van der Waals surface area contributed by atoms with Gasteiger partial charge in [0.25, 0.3) is 7.82 Å². The Bertz CT molecular complexity index is 4520. The van der Waals surface area contributed by atoms with Crippen LogP contribution in [-0.4, -0.2) is 175 Å². The van der Waals surface area contributed by atoms with Crippen LogP contribution in [0.2, 0.25) is 0 Å². The predicted molar refractivity (Wildman–Crippen MR) is 393 cm³/mol. The molecule has 1 unspecified atom stereocenters. The molecule has 1 aromatic carbocycles. The number of imidazole rings is 2. The number of anilines is 1. The van der Waals surface area contributed by atoms with Crippen LogP contribution in [0.15, 0.2) is 80.4 Å². The number of ether oxygens (including phenoxy) is 2. The summed E-state index contributed by atoms with van der Waals surface area (Å²) < 4.78 is 38.8. The van der Waals surface area contributed by atoms with Gasteiger partial charge in [-0.1, -0.05) is 40.7 Å². The summed E-state index contributed by atoms with van der Waals surface area (Å²) in [5.41, 5.74) is 43.2. The van der Waals surface area contributed by atoms with Gasteiger partial charge in [0.05, 0.1) is 53.7 Å². The zero-order chi connectivity index (χ0) is 79.6. The summed E-state index contributed by atoms with van der Waals surface area (Å²) in [5.74, 6) is -7.16. The number of nitrogen functional groups attached to an aromatic ring is 1. The second-order valence-corrected chi connectivity index (χ2v) is 32.4. The SMILES string of the molecule is CC1=C2[N-][C@H]([C@H](CC(N)=O)[C@@]2(C)CCC(=O)NC[C@H](C)OP(=O)([O-])O[C@H]2[C@H](O)[C@@H](n3cnc4cc(C)c(C)cc43)O[C@H]2CO)[C@]2(C)N=C(/C(C)=C3N=C(/C=C4\N=C1[C@H](CCC(N)=O)C4(C)C)[C@H](CCC(N)=O)[C@@]/3(C)CC(N)=O)[C@@H](CCC(N)=O)[C@@]2(C)CC(N)=O.[CH2-][C@H]1O[C@@H](n2cnc3c(N)ncnc32)[C@H](O)[C@H]1O.[Co+3]. The molecular formula is C72H100CoN18O17P. The van der Waals surface area contributed by atoms with Crippen molar-refractivity contribution in [3.05, 3.63) is 88.8 Å². The molecule has 11 rings (SSSR count). The van der Waals surface area contributed by atoms with Gasteiger partial charge in [0.1, 0.15) is 36.3 Å². The summed E-state index contributed by atoms with van der Waals surface area (Å²) >= 11 is 0. The number of phosphoric ester groups is 1. The van der Waals surface area contributed by atoms with Crippen molar-refractivity contribution in [2.75, 3.05) is 18.9 Å². The number of nitrogens with two attached hydrogens (primary N) is 7. The number of carbonyl (C=O) groups excluding carboxylic acids is 7. The van der Waals surface area contributed by atoms with Crippen LogP contribution < -0.4 is 50.3 Å². The smallest absolute Gasteiger partial charge is 0.756 e. The number of hydrogen-bond donors (Lipinski definition) is 12. The van der Waals surface area contributed by atoms with Gasteiger partial charge in [-0.25, -0.2) is 19.9 Å². The molecule has 3 saturated heterocycles. The van der Waals surface area contributed by atoms with Crippen molar-refractivity contribution in [1.29, 1.82) is 0 Å². The number of amides is 7. The average molecular weight is 1580 g/mol. The molecule has 3 fully saturated rings. The Balaban J connectivity index is 0.000000623. The number of allylic oxidation sites excluding steroid dienone is 6. The number of fused-ring (bicyclic) bond motifs is 8. The summed E-state index contributed by atoms with van der Waals surface area (Å²) in [4.78, 5) is 140. The molecule has 3 aromatic heterocycles. The van der Waals surface area contributed by atoms with Crippen LogP contribution in [0.3, 0.4) is 0 Å². The number of aliphatic hydroxyl groups is 4. The van der Waals surface area contributed by atoms with Gasteiger partial charge in [0, 0.05) is 108 Å². The summed E-state index contributed by atoms with van der Waals surface area (Å²) in [6, 6.07) is 2.65. The third kappa shape index (κ3) is 16.3. The Hall–Kier alpha value is -8.26. The first-order valence-electron chi connectivity index (χ1n) is 35.9. The van der Waals surface area contributed by atoms with Crippen molar-refractivity contribution in [2.24, 2.45) is 94.7 Å². The third-order valence-electron chi connectivity index (χ3n) is 23.5. The number of benzene rings is 1. The molecule has 19 atom stereocenters. The fraction of sp³-hybridized carbons (Fsp3) is 0.597. The van der Waals surface area contributed by atoms with Crippen LogP contribution in [0.4, 0.5) is 5.82 Å². The van der Waals surface area contributed by atoms with Crippen molar-refractivity contribution >= 4 is 94.3 Å². The molecule has 8 bridgehead atoms. The Kier molecular flexibility index (Phi) is 25.0. The fourth-order valence-corrected chi connectivity index (χ4v) is 18.5. The van der Waals surface area contributed by atoms with Crippen LogP contribution in [0.25, 0.3) is 27.5 Å². The number of aliphatic imine (C=N–C) groups is 3. The Morgan fingerprint density at radius 2 is 1.34 bits per heavy atom. The molecule has 37 heteroatoms. The minimum atomic E-state index is -5.32. The maximum Gasteiger partial charge on any atom is 3.00 e. The number of aliphatic hydroxyl groups excluding tert-OH is 4. The van der Waals surface area contributed by atoms with E-state index < -0.39 is 168 Å². The zero-order valence-electron chi connectivity index (χ0n) is 62.8. The van der Waals surface area contributed by atoms with Crippen LogP contribution in [-0.2, 0) is 73.4 Å². The number of aromatic nitrogens is 6. The Morgan fingerprint density at radius 3 is 1.94 bits per heavy atom. The van der Waals surface area contributed by atoms with E-state index in [0.29, 0.717) is 67.6 Å². The molecule has 19 N–H and O–H groups in total. The van der Waals surface area contributed by atoms with Gasteiger partial charge in [0.2, 0.25) is 41.4 Å². The van der Waals surface area contributed by atoms with Crippen LogP contribution >= 0.6 is 7.82 Å². The van der Waals surface area contributed by atoms with Gasteiger partial charge in [-0.3, -0.25) is 57.7 Å². The summed E-state index contributed by atoms with van der Waals surface area (Å²) in [5, 5.41) is 49.6. The number of rotatable bonds is 27. The normalized spacial score (nSPS) is 32.9. The fourth-order valence-electron chi connectivity index (χ4n) is 17.3. The minimum absolute atomic E-state index is 0. The molecule has 0 radical (unpaired) electrons. The monoisotopic (exact) mass is 1580 g/mol. The zero-order valence-corrected chi connectivity index (χ0v) is 64.8. The summed E-state index contributed by atoms with van der Waals surface area (Å²) in [6.07, 6.45) is -5.69. The molecule has 7 aliphatic rings. The molecule has 0 aliphatic carbocycles. The average Bonchev–Trinajstić information content (AvgIpc) is 1.53. The molecule has 0 saturated carbocycles. The molecule has 109 heavy (non-hydrogen) atoms. The standard InChI is InChI=1S/C62H90N13O14P.C10H12N5O3.Co/c1-29-20-39-40(21-30(29)2)75(28-70-39)57-52(84)53(41(27-76)87-57)89-90(85,86)88-31(3)26-69-49(83)18-19-59(8)37(22-46(66)80)56-62(11)61(10,25-48(68)82)36(14-17-45(65)79)51(74-62)33(5)55-60(9,24-47(67)81)34(12-15-43(63)77)38(71-55)23-42-58(6,7)35(13-16-44(64)78)50(72-42)32(4)54(59)73-56;1-4-6(16)7(17)10(18-4)15-3-14-5-8(11)12-2-13-9(5)15;/h20-21,23,28,31,34-37,41,52-53,56-57,76,84H,12-19,22,24-27H2,1-11H3,(H15,63,64,65,66,67,68,69,71,72,73,74,77,78,79,80,81,82,83,85,86);2-4,6-7,10,16-17H,1H2,(H2,11,12,13);/q;-1;+3/p-2/t31-,34-,35-,36+,37-,41-,52-,53+,56+,57-,59+,60+,61+,62-;4-,6+,7-,10-;/m01./s1. The van der Waals surface area contributed by atoms with Gasteiger partial charge < -0.3 is 106 Å². The first-order chi connectivity index (χ1) is 50.4. The molecular weight excluding hydrogens is 1480 g/mol. The van der Waals surface area contributed by atoms with Gasteiger partial charge >= 0.3 is 16.8 Å². The van der Waals surface area contributed by atoms with E-state index in [9.17, 15) is 63.4 Å². The molecule has 35 nitrogen and oxygen atoms in total. The van der Waals surface area contributed by atoms with Crippen LogP contribution in [0.1, 0.15) is 157 Å². The molecule has 7 amide bonds. The number of nitrogens with zero attached hydrogens (tertiary/aromatic N) is 10. The number of aryl methyl sites for hydroxylation is 2. The van der Waals surface area contributed by atoms with E-state index in [0.717, 1.165) is 11.1 Å². The van der Waals surface area contributed by atoms with Gasteiger partial charge in [0.15, 0.2) is 23.9 Å². The van der Waals surface area contributed by atoms with E-state index >= 15 is 0 Å². The number of phosphoric acid groups is 1. The molecule has 7 aliphatic heterocycles. The maximum atomic E-state index is 14.4. The number of nitrogens with one attached hydrogen (secondary N) is 1. The van der Waals surface area contributed by atoms with Crippen molar-refractivity contribution in [3.63, 3.8) is 0 Å². The summed E-state index contributed by atoms with van der Waals surface area (Å²) in [6.45, 7) is 22.6. The van der Waals surface area contributed by atoms with Crippen LogP contribution in [0, 0.1) is 66.1 Å². The Labute approximate surface area is 640 Å². The largest absolute Gasteiger partial charge is 3.00 e. The van der Waals surface area contributed by atoms with Gasteiger partial charge in [-0.15, -0.1) is 0 Å². The molecule has 4 aromatic rings. The number of carbonyl (C=O) groups is 7. The van der Waals surface area contributed by atoms with Crippen molar-refractivity contribution < 1.29 is 98.7 Å². The van der Waals surface area contributed by atoms with Crippen molar-refractivity contribution in [1.82, 2.24) is 34.4 Å². The van der Waals surface area contributed by atoms with E-state index in [1.165, 1.54) is 35.0 Å². The van der Waals surface area contributed by atoms with E-state index in [4.69, 9.17) is 79.0 Å². The quantitative estimate of drug-likeness (QED) is 0.0301. The van der Waals surface area contributed by atoms with Gasteiger partial charge in [-0.2, -0.15) is 5.70 Å². The first kappa shape index (κ1) is 84.8. The van der Waals surface area contributed by atoms with E-state index in [2.05, 4.69) is 32.2 Å². The van der Waals surface area contributed by atoms with Crippen LogP contribution in [0.5, 0.6) is 0 Å². The van der Waals surface area contributed by atoms with Crippen molar-refractivity contribution in [3.8, 4) is 0 Å². The summed E-state index contributed by atoms with van der Waals surface area (Å²) in [7, 11) is -5.32. The second-order valence-electron chi connectivity index (χ2n) is 31.1. The van der Waals surface area contributed by atoms with E-state index in [1.807, 2.05) is 80.5 Å². The number of primary amides is 6. The molecule has 10 heterocycles. The minimum Gasteiger partial charge on any atom is -0.756 e. The second kappa shape index (κ2) is 32.2. The Morgan fingerprint density at radius 1 is 0.734 bits per heavy atom. The maximum absolute atomic E-state index is 14.4.